The molecule has 2 amide bonds. The SMILES string of the molecule is CC[C@H](CNC(=O)OC)C(=O)N1C[C@H]2[C@H](c3ccc(C)c(C)c3)[C@@]2(C)C1. The molecule has 1 aromatic rings. The number of hydrogen-bond acceptors (Lipinski definition) is 3. The van der Waals surface area contributed by atoms with E-state index in [4.69, 9.17) is 0 Å². The van der Waals surface area contributed by atoms with E-state index in [9.17, 15) is 9.59 Å². The number of rotatable bonds is 5. The molecular weight excluding hydrogens is 328 g/mol. The zero-order valence-electron chi connectivity index (χ0n) is 16.5. The first-order chi connectivity index (χ1) is 12.3. The molecule has 1 saturated heterocycles. The fraction of sp³-hybridized carbons (Fsp3) is 0.619. The molecule has 142 valence electrons. The second kappa shape index (κ2) is 6.93. The Hall–Kier alpha value is -2.04. The highest BCUT2D eigenvalue weighted by Crippen LogP contribution is 2.68. The van der Waals surface area contributed by atoms with Crippen LogP contribution in [0.4, 0.5) is 4.79 Å². The molecule has 0 radical (unpaired) electrons. The van der Waals surface area contributed by atoms with Crippen LogP contribution in [-0.4, -0.2) is 43.6 Å². The maximum absolute atomic E-state index is 12.9. The van der Waals surface area contributed by atoms with Crippen LogP contribution >= 0.6 is 0 Å². The van der Waals surface area contributed by atoms with Crippen molar-refractivity contribution >= 4 is 12.0 Å². The Kier molecular flexibility index (Phi) is 5.00. The molecule has 3 rings (SSSR count). The molecule has 0 unspecified atom stereocenters. The van der Waals surface area contributed by atoms with Crippen molar-refractivity contribution in [1.82, 2.24) is 10.2 Å². The van der Waals surface area contributed by atoms with Gasteiger partial charge >= 0.3 is 6.09 Å². The van der Waals surface area contributed by atoms with Crippen molar-refractivity contribution in [2.24, 2.45) is 17.3 Å². The first-order valence-corrected chi connectivity index (χ1v) is 9.49. The normalized spacial score (nSPS) is 27.7. The zero-order valence-corrected chi connectivity index (χ0v) is 16.5. The fourth-order valence-electron chi connectivity index (χ4n) is 4.59. The molecule has 1 aliphatic carbocycles. The van der Waals surface area contributed by atoms with E-state index in [0.29, 0.717) is 24.8 Å². The molecule has 2 aliphatic rings. The third kappa shape index (κ3) is 3.19. The summed E-state index contributed by atoms with van der Waals surface area (Å²) in [5.74, 6) is 1.06. The maximum Gasteiger partial charge on any atom is 0.406 e. The summed E-state index contributed by atoms with van der Waals surface area (Å²) in [4.78, 5) is 26.1. The average Bonchev–Trinajstić information content (AvgIpc) is 3.02. The molecular formula is C21H30N2O3. The lowest BCUT2D eigenvalue weighted by atomic mass is 9.97. The number of likely N-dealkylation sites (tertiary alicyclic amines) is 1. The van der Waals surface area contributed by atoms with Gasteiger partial charge in [-0.25, -0.2) is 4.79 Å². The highest BCUT2D eigenvalue weighted by atomic mass is 16.5. The van der Waals surface area contributed by atoms with E-state index in [2.05, 4.69) is 49.0 Å². The minimum absolute atomic E-state index is 0.149. The molecule has 0 bridgehead atoms. The summed E-state index contributed by atoms with van der Waals surface area (Å²) >= 11 is 0. The number of hydrogen-bond donors (Lipinski definition) is 1. The molecule has 5 nitrogen and oxygen atoms in total. The van der Waals surface area contributed by atoms with Gasteiger partial charge in [0.1, 0.15) is 0 Å². The highest BCUT2D eigenvalue weighted by Gasteiger charge is 2.66. The Morgan fingerprint density at radius 3 is 2.62 bits per heavy atom. The number of nitrogens with zero attached hydrogens (tertiary/aromatic N) is 1. The molecule has 1 N–H and O–H groups in total. The predicted molar refractivity (Wildman–Crippen MR) is 101 cm³/mol. The molecule has 1 aliphatic heterocycles. The lowest BCUT2D eigenvalue weighted by molar-refractivity contribution is -0.135. The Labute approximate surface area is 156 Å². The van der Waals surface area contributed by atoms with Gasteiger partial charge in [0.2, 0.25) is 5.91 Å². The van der Waals surface area contributed by atoms with Crippen LogP contribution in [0, 0.1) is 31.1 Å². The van der Waals surface area contributed by atoms with Crippen LogP contribution in [0.1, 0.15) is 42.9 Å². The van der Waals surface area contributed by atoms with E-state index in [1.54, 1.807) is 0 Å². The van der Waals surface area contributed by atoms with Crippen LogP contribution in [0.25, 0.3) is 0 Å². The van der Waals surface area contributed by atoms with Gasteiger partial charge in [-0.3, -0.25) is 4.79 Å². The molecule has 1 aromatic carbocycles. The molecule has 0 aromatic heterocycles. The molecule has 1 saturated carbocycles. The number of ether oxygens (including phenoxy) is 1. The first kappa shape index (κ1) is 18.7. The van der Waals surface area contributed by atoms with Gasteiger partial charge in [-0.15, -0.1) is 0 Å². The monoisotopic (exact) mass is 358 g/mol. The number of carbonyl (C=O) groups is 2. The Morgan fingerprint density at radius 1 is 1.35 bits per heavy atom. The fourth-order valence-corrected chi connectivity index (χ4v) is 4.59. The third-order valence-electron chi connectivity index (χ3n) is 6.52. The number of fused-ring (bicyclic) bond motifs is 1. The smallest absolute Gasteiger partial charge is 0.406 e. The van der Waals surface area contributed by atoms with Crippen molar-refractivity contribution in [1.29, 1.82) is 0 Å². The van der Waals surface area contributed by atoms with Crippen molar-refractivity contribution < 1.29 is 14.3 Å². The second-order valence-corrected chi connectivity index (χ2v) is 8.13. The van der Waals surface area contributed by atoms with Gasteiger partial charge in [0.05, 0.1) is 13.0 Å². The van der Waals surface area contributed by atoms with E-state index >= 15 is 0 Å². The van der Waals surface area contributed by atoms with Crippen molar-refractivity contribution in [2.45, 2.75) is 40.0 Å². The molecule has 4 atom stereocenters. The van der Waals surface area contributed by atoms with Crippen LogP contribution in [-0.2, 0) is 9.53 Å². The minimum atomic E-state index is -0.484. The first-order valence-electron chi connectivity index (χ1n) is 9.49. The van der Waals surface area contributed by atoms with Gasteiger partial charge in [0, 0.05) is 19.6 Å². The van der Waals surface area contributed by atoms with Crippen molar-refractivity contribution in [2.75, 3.05) is 26.7 Å². The van der Waals surface area contributed by atoms with E-state index < -0.39 is 6.09 Å². The zero-order chi connectivity index (χ0) is 19.1. The maximum atomic E-state index is 12.9. The van der Waals surface area contributed by atoms with Gasteiger partial charge in [0.15, 0.2) is 0 Å². The van der Waals surface area contributed by atoms with Crippen LogP contribution in [0.15, 0.2) is 18.2 Å². The van der Waals surface area contributed by atoms with Gasteiger partial charge in [-0.1, -0.05) is 32.0 Å². The summed E-state index contributed by atoms with van der Waals surface area (Å²) in [5.41, 5.74) is 4.26. The Morgan fingerprint density at radius 2 is 2.08 bits per heavy atom. The number of benzene rings is 1. The number of carbonyl (C=O) groups excluding carboxylic acids is 2. The minimum Gasteiger partial charge on any atom is -0.453 e. The van der Waals surface area contributed by atoms with E-state index in [0.717, 1.165) is 13.1 Å². The predicted octanol–water partition coefficient (Wildman–Crippen LogP) is 3.25. The van der Waals surface area contributed by atoms with Crippen molar-refractivity contribution in [3.05, 3.63) is 34.9 Å². The summed E-state index contributed by atoms with van der Waals surface area (Å²) in [6, 6.07) is 6.76. The van der Waals surface area contributed by atoms with Crippen LogP contribution in [0.2, 0.25) is 0 Å². The van der Waals surface area contributed by atoms with Gasteiger partial charge in [-0.2, -0.15) is 0 Å². The van der Waals surface area contributed by atoms with Crippen LogP contribution < -0.4 is 5.32 Å². The summed E-state index contributed by atoms with van der Waals surface area (Å²) in [7, 11) is 1.33. The molecule has 26 heavy (non-hydrogen) atoms. The Bertz CT molecular complexity index is 717. The lowest BCUT2D eigenvalue weighted by Crippen LogP contribution is -2.42. The topological polar surface area (TPSA) is 58.6 Å². The van der Waals surface area contributed by atoms with E-state index in [1.165, 1.54) is 23.8 Å². The molecule has 2 fully saturated rings. The largest absolute Gasteiger partial charge is 0.453 e. The number of piperidine rings is 1. The molecule has 0 spiro atoms. The van der Waals surface area contributed by atoms with Crippen LogP contribution in [0.5, 0.6) is 0 Å². The van der Waals surface area contributed by atoms with Gasteiger partial charge in [-0.05, 0) is 54.2 Å². The summed E-state index contributed by atoms with van der Waals surface area (Å²) in [6.07, 6.45) is 0.226. The van der Waals surface area contributed by atoms with Crippen molar-refractivity contribution in [3.8, 4) is 0 Å². The van der Waals surface area contributed by atoms with Crippen molar-refractivity contribution in [3.63, 3.8) is 0 Å². The quantitative estimate of drug-likeness (QED) is 0.879. The standard InChI is InChI=1S/C21H30N2O3/c1-6-15(10-22-20(25)26-5)19(24)23-11-17-18(21(17,4)12-23)16-8-7-13(2)14(3)9-16/h7-9,15,17-18H,6,10-12H2,1-5H3,(H,22,25)/t15-,17+,18+,21+/m1/s1. The average molecular weight is 358 g/mol. The summed E-state index contributed by atoms with van der Waals surface area (Å²) < 4.78 is 4.60. The van der Waals surface area contributed by atoms with Gasteiger partial charge < -0.3 is 15.0 Å². The number of methoxy groups -OCH3 is 1. The number of nitrogens with one attached hydrogen (secondary N) is 1. The lowest BCUT2D eigenvalue weighted by Gasteiger charge is -2.26. The molecule has 5 heteroatoms. The Balaban J connectivity index is 1.62. The molecule has 1 heterocycles. The summed E-state index contributed by atoms with van der Waals surface area (Å²) in [6.45, 7) is 10.6. The number of aryl methyl sites for hydroxylation is 2. The van der Waals surface area contributed by atoms with E-state index in [-0.39, 0.29) is 17.2 Å². The van der Waals surface area contributed by atoms with Crippen LogP contribution in [0.3, 0.4) is 0 Å². The van der Waals surface area contributed by atoms with Gasteiger partial charge in [0.25, 0.3) is 0 Å². The third-order valence-corrected chi connectivity index (χ3v) is 6.52. The number of amides is 2. The van der Waals surface area contributed by atoms with E-state index in [1.807, 2.05) is 11.8 Å². The summed E-state index contributed by atoms with van der Waals surface area (Å²) in [5, 5.41) is 2.66. The highest BCUT2D eigenvalue weighted by molar-refractivity contribution is 5.80. The number of alkyl carbamates (subject to hydrolysis) is 1. The second-order valence-electron chi connectivity index (χ2n) is 8.13.